The van der Waals surface area contributed by atoms with E-state index in [0.717, 1.165) is 32.7 Å². The molecule has 2 N–H and O–H groups in total. The van der Waals surface area contributed by atoms with Crippen molar-refractivity contribution in [2.75, 3.05) is 38.0 Å². The summed E-state index contributed by atoms with van der Waals surface area (Å²) in [7, 11) is 0. The minimum absolute atomic E-state index is 0.146. The highest BCUT2D eigenvalue weighted by Gasteiger charge is 2.20. The fourth-order valence-corrected chi connectivity index (χ4v) is 3.91. The molecule has 3 aromatic rings. The standard InChI is InChI=1S/C26H27N5O3/c27-16-20-7-9-21(10-8-20)18-30-11-13-31(14-12-30)19-25(32)29-24-6-2-1-5-23(24)26(33)28-17-22-4-3-15-34-22/h1-10,15H,11-14,17-19H2,(H,28,33)(H,29,32). The number of hydrogen-bond acceptors (Lipinski definition) is 6. The van der Waals surface area contributed by atoms with Gasteiger partial charge in [-0.2, -0.15) is 5.26 Å². The summed E-state index contributed by atoms with van der Waals surface area (Å²) >= 11 is 0. The molecule has 2 amide bonds. The molecule has 1 aromatic heterocycles. The van der Waals surface area contributed by atoms with Crippen LogP contribution in [0.3, 0.4) is 0 Å². The molecule has 0 radical (unpaired) electrons. The minimum Gasteiger partial charge on any atom is -0.467 e. The first-order valence-electron chi connectivity index (χ1n) is 11.2. The molecule has 1 aliphatic heterocycles. The van der Waals surface area contributed by atoms with E-state index in [2.05, 4.69) is 26.5 Å². The predicted octanol–water partition coefficient (Wildman–Crippen LogP) is 2.84. The summed E-state index contributed by atoms with van der Waals surface area (Å²) in [6.07, 6.45) is 1.56. The highest BCUT2D eigenvalue weighted by Crippen LogP contribution is 2.16. The van der Waals surface area contributed by atoms with Crippen LogP contribution in [0.2, 0.25) is 0 Å². The first-order chi connectivity index (χ1) is 16.6. The largest absolute Gasteiger partial charge is 0.467 e. The number of nitriles is 1. The Kier molecular flexibility index (Phi) is 7.71. The number of hydrogen-bond donors (Lipinski definition) is 2. The Morgan fingerprint density at radius 1 is 0.941 bits per heavy atom. The zero-order chi connectivity index (χ0) is 23.8. The number of rotatable bonds is 8. The van der Waals surface area contributed by atoms with Crippen LogP contribution in [-0.2, 0) is 17.9 Å². The van der Waals surface area contributed by atoms with Crippen molar-refractivity contribution in [2.45, 2.75) is 13.1 Å². The van der Waals surface area contributed by atoms with Crippen molar-refractivity contribution in [3.05, 3.63) is 89.4 Å². The van der Waals surface area contributed by atoms with Crippen LogP contribution >= 0.6 is 0 Å². The van der Waals surface area contributed by atoms with Gasteiger partial charge in [-0.1, -0.05) is 24.3 Å². The second-order valence-electron chi connectivity index (χ2n) is 8.22. The molecular formula is C26H27N5O3. The van der Waals surface area contributed by atoms with Crippen molar-refractivity contribution in [1.82, 2.24) is 15.1 Å². The van der Waals surface area contributed by atoms with Crippen molar-refractivity contribution in [3.63, 3.8) is 0 Å². The smallest absolute Gasteiger partial charge is 0.253 e. The van der Waals surface area contributed by atoms with Gasteiger partial charge in [-0.3, -0.25) is 19.4 Å². The summed E-state index contributed by atoms with van der Waals surface area (Å²) in [5.74, 6) is 0.240. The van der Waals surface area contributed by atoms with Gasteiger partial charge in [-0.05, 0) is 42.0 Å². The van der Waals surface area contributed by atoms with E-state index in [4.69, 9.17) is 9.68 Å². The number of carbonyl (C=O) groups is 2. The van der Waals surface area contributed by atoms with Crippen LogP contribution < -0.4 is 10.6 Å². The highest BCUT2D eigenvalue weighted by molar-refractivity contribution is 6.04. The van der Waals surface area contributed by atoms with Gasteiger partial charge >= 0.3 is 0 Å². The molecule has 34 heavy (non-hydrogen) atoms. The molecule has 174 valence electrons. The minimum atomic E-state index is -0.274. The average Bonchev–Trinajstić information content (AvgIpc) is 3.38. The van der Waals surface area contributed by atoms with E-state index in [1.807, 2.05) is 24.3 Å². The molecule has 0 unspecified atom stereocenters. The zero-order valence-electron chi connectivity index (χ0n) is 18.9. The van der Waals surface area contributed by atoms with Crippen LogP contribution in [-0.4, -0.2) is 54.3 Å². The van der Waals surface area contributed by atoms with E-state index in [9.17, 15) is 9.59 Å². The average molecular weight is 458 g/mol. The number of amides is 2. The van der Waals surface area contributed by atoms with E-state index in [1.165, 1.54) is 5.56 Å². The van der Waals surface area contributed by atoms with Crippen LogP contribution in [0.4, 0.5) is 5.69 Å². The normalized spacial score (nSPS) is 14.3. The van der Waals surface area contributed by atoms with Crippen LogP contribution in [0.25, 0.3) is 0 Å². The fraction of sp³-hybridized carbons (Fsp3) is 0.269. The van der Waals surface area contributed by atoms with Gasteiger partial charge in [-0.25, -0.2) is 0 Å². The molecule has 1 aliphatic rings. The van der Waals surface area contributed by atoms with Crippen LogP contribution in [0.5, 0.6) is 0 Å². The van der Waals surface area contributed by atoms with Crippen LogP contribution in [0, 0.1) is 11.3 Å². The van der Waals surface area contributed by atoms with Crippen molar-refractivity contribution >= 4 is 17.5 Å². The number of para-hydroxylation sites is 1. The molecule has 0 saturated carbocycles. The summed E-state index contributed by atoms with van der Waals surface area (Å²) in [4.78, 5) is 29.8. The van der Waals surface area contributed by atoms with Gasteiger partial charge in [0.25, 0.3) is 5.91 Å². The summed E-state index contributed by atoms with van der Waals surface area (Å²) < 4.78 is 5.24. The molecule has 2 aromatic carbocycles. The maximum Gasteiger partial charge on any atom is 0.253 e. The van der Waals surface area contributed by atoms with Gasteiger partial charge in [0.1, 0.15) is 5.76 Å². The third-order valence-corrected chi connectivity index (χ3v) is 5.77. The monoisotopic (exact) mass is 457 g/mol. The predicted molar refractivity (Wildman–Crippen MR) is 128 cm³/mol. The van der Waals surface area contributed by atoms with Crippen LogP contribution in [0.15, 0.2) is 71.3 Å². The van der Waals surface area contributed by atoms with Crippen molar-refractivity contribution in [1.29, 1.82) is 5.26 Å². The van der Waals surface area contributed by atoms with E-state index in [1.54, 1.807) is 42.7 Å². The quantitative estimate of drug-likeness (QED) is 0.539. The summed E-state index contributed by atoms with van der Waals surface area (Å²) in [6, 6.07) is 20.3. The molecule has 8 heteroatoms. The maximum absolute atomic E-state index is 12.7. The highest BCUT2D eigenvalue weighted by atomic mass is 16.3. The summed E-state index contributed by atoms with van der Waals surface area (Å²) in [5.41, 5.74) is 2.74. The Balaban J connectivity index is 1.25. The Labute approximate surface area is 198 Å². The molecule has 4 rings (SSSR count). The van der Waals surface area contributed by atoms with Gasteiger partial charge in [0.2, 0.25) is 5.91 Å². The Morgan fingerprint density at radius 2 is 1.68 bits per heavy atom. The lowest BCUT2D eigenvalue weighted by Gasteiger charge is -2.34. The van der Waals surface area contributed by atoms with Gasteiger partial charge in [-0.15, -0.1) is 0 Å². The SMILES string of the molecule is N#Cc1ccc(CN2CCN(CC(=O)Nc3ccccc3C(=O)NCc3ccco3)CC2)cc1. The number of carbonyl (C=O) groups excluding carboxylic acids is 2. The molecular weight excluding hydrogens is 430 g/mol. The van der Waals surface area contributed by atoms with Crippen molar-refractivity contribution in [2.24, 2.45) is 0 Å². The van der Waals surface area contributed by atoms with Crippen LogP contribution in [0.1, 0.15) is 27.2 Å². The van der Waals surface area contributed by atoms with Gasteiger partial charge in [0.05, 0.1) is 42.2 Å². The van der Waals surface area contributed by atoms with E-state index in [0.29, 0.717) is 22.6 Å². The first-order valence-corrected chi connectivity index (χ1v) is 11.2. The van der Waals surface area contributed by atoms with E-state index >= 15 is 0 Å². The van der Waals surface area contributed by atoms with Crippen molar-refractivity contribution < 1.29 is 14.0 Å². The molecule has 0 atom stereocenters. The molecule has 0 aliphatic carbocycles. The summed E-state index contributed by atoms with van der Waals surface area (Å²) in [5, 5.41) is 14.6. The third-order valence-electron chi connectivity index (χ3n) is 5.77. The first kappa shape index (κ1) is 23.2. The van der Waals surface area contributed by atoms with E-state index < -0.39 is 0 Å². The third kappa shape index (κ3) is 6.32. The second-order valence-corrected chi connectivity index (χ2v) is 8.22. The number of piperazine rings is 1. The number of anilines is 1. The molecule has 1 saturated heterocycles. The van der Waals surface area contributed by atoms with Crippen molar-refractivity contribution in [3.8, 4) is 6.07 Å². The lowest BCUT2D eigenvalue weighted by atomic mass is 10.1. The topological polar surface area (TPSA) is 102 Å². The Bertz CT molecular complexity index is 1140. The molecule has 8 nitrogen and oxygen atoms in total. The molecule has 1 fully saturated rings. The van der Waals surface area contributed by atoms with Gasteiger partial charge < -0.3 is 15.1 Å². The second kappa shape index (κ2) is 11.3. The number of nitrogens with one attached hydrogen (secondary N) is 2. The lowest BCUT2D eigenvalue weighted by Crippen LogP contribution is -2.48. The molecule has 0 spiro atoms. The van der Waals surface area contributed by atoms with Gasteiger partial charge in [0.15, 0.2) is 0 Å². The lowest BCUT2D eigenvalue weighted by molar-refractivity contribution is -0.117. The van der Waals surface area contributed by atoms with Gasteiger partial charge in [0, 0.05) is 32.7 Å². The number of benzene rings is 2. The summed E-state index contributed by atoms with van der Waals surface area (Å²) in [6.45, 7) is 4.67. The Hall–Kier alpha value is -3.93. The molecule has 0 bridgehead atoms. The fourth-order valence-electron chi connectivity index (χ4n) is 3.91. The van der Waals surface area contributed by atoms with E-state index in [-0.39, 0.29) is 24.9 Å². The maximum atomic E-state index is 12.7. The zero-order valence-corrected chi connectivity index (χ0v) is 18.9. The molecule has 2 heterocycles. The number of nitrogens with zero attached hydrogens (tertiary/aromatic N) is 3. The Morgan fingerprint density at radius 3 is 2.38 bits per heavy atom. The number of furan rings is 1.